The minimum atomic E-state index is -0.770. The molecule has 0 bridgehead atoms. The van der Waals surface area contributed by atoms with Gasteiger partial charge in [-0.2, -0.15) is 0 Å². The molecule has 23 heavy (non-hydrogen) atoms. The summed E-state index contributed by atoms with van der Waals surface area (Å²) >= 11 is 0. The van der Waals surface area contributed by atoms with Gasteiger partial charge in [-0.15, -0.1) is 0 Å². The van der Waals surface area contributed by atoms with E-state index in [0.717, 1.165) is 12.1 Å². The molecule has 0 saturated carbocycles. The standard InChI is InChI=1S/C16H14F2N2O3/c1-9-12(4-3-5-15(9)20(22)23)16(21)19-10(2)13-7-6-11(17)8-14(13)18/h3-8,10H,1-2H3,(H,19,21). The van der Waals surface area contributed by atoms with Gasteiger partial charge in [-0.1, -0.05) is 12.1 Å². The second-order valence-electron chi connectivity index (χ2n) is 5.07. The van der Waals surface area contributed by atoms with Gasteiger partial charge in [0, 0.05) is 28.8 Å². The second kappa shape index (κ2) is 6.51. The van der Waals surface area contributed by atoms with Gasteiger partial charge in [-0.3, -0.25) is 14.9 Å². The molecule has 0 radical (unpaired) electrons. The van der Waals surface area contributed by atoms with Crippen LogP contribution in [0.3, 0.4) is 0 Å². The molecule has 0 fully saturated rings. The summed E-state index contributed by atoms with van der Waals surface area (Å²) < 4.78 is 26.6. The van der Waals surface area contributed by atoms with Crippen LogP contribution in [0.5, 0.6) is 0 Å². The van der Waals surface area contributed by atoms with Crippen molar-refractivity contribution in [3.05, 3.63) is 74.8 Å². The molecule has 1 N–H and O–H groups in total. The van der Waals surface area contributed by atoms with Crippen molar-refractivity contribution in [1.82, 2.24) is 5.32 Å². The number of amides is 1. The molecular formula is C16H14F2N2O3. The summed E-state index contributed by atoms with van der Waals surface area (Å²) in [5.74, 6) is -2.05. The van der Waals surface area contributed by atoms with Gasteiger partial charge >= 0.3 is 0 Å². The summed E-state index contributed by atoms with van der Waals surface area (Å²) in [4.78, 5) is 22.6. The number of hydrogen-bond donors (Lipinski definition) is 1. The Balaban J connectivity index is 2.25. The van der Waals surface area contributed by atoms with Crippen molar-refractivity contribution in [3.8, 4) is 0 Å². The molecule has 2 rings (SSSR count). The minimum Gasteiger partial charge on any atom is -0.345 e. The van der Waals surface area contributed by atoms with Gasteiger partial charge in [0.2, 0.25) is 0 Å². The molecule has 1 unspecified atom stereocenters. The minimum absolute atomic E-state index is 0.128. The van der Waals surface area contributed by atoms with E-state index in [-0.39, 0.29) is 22.4 Å². The molecule has 0 aliphatic carbocycles. The van der Waals surface area contributed by atoms with E-state index in [9.17, 15) is 23.7 Å². The lowest BCUT2D eigenvalue weighted by molar-refractivity contribution is -0.385. The lowest BCUT2D eigenvalue weighted by atomic mass is 10.0. The Bertz CT molecular complexity index is 778. The van der Waals surface area contributed by atoms with Crippen LogP contribution in [-0.2, 0) is 0 Å². The zero-order valence-corrected chi connectivity index (χ0v) is 12.5. The SMILES string of the molecule is Cc1c(C(=O)NC(C)c2ccc(F)cc2F)cccc1[N+](=O)[O-]. The Morgan fingerprint density at radius 2 is 1.96 bits per heavy atom. The maximum atomic E-state index is 13.7. The van der Waals surface area contributed by atoms with Crippen molar-refractivity contribution in [3.63, 3.8) is 0 Å². The number of carbonyl (C=O) groups excluding carboxylic acids is 1. The second-order valence-corrected chi connectivity index (χ2v) is 5.07. The number of halogens is 2. The Morgan fingerprint density at radius 3 is 2.57 bits per heavy atom. The molecule has 5 nitrogen and oxygen atoms in total. The van der Waals surface area contributed by atoms with Gasteiger partial charge in [-0.05, 0) is 26.0 Å². The smallest absolute Gasteiger partial charge is 0.273 e. The fourth-order valence-electron chi connectivity index (χ4n) is 2.27. The molecule has 0 aromatic heterocycles. The molecule has 0 aliphatic rings. The van der Waals surface area contributed by atoms with E-state index in [1.54, 1.807) is 6.92 Å². The third-order valence-electron chi connectivity index (χ3n) is 3.52. The van der Waals surface area contributed by atoms with Gasteiger partial charge in [0.05, 0.1) is 11.0 Å². The van der Waals surface area contributed by atoms with Gasteiger partial charge < -0.3 is 5.32 Å². The number of rotatable bonds is 4. The lowest BCUT2D eigenvalue weighted by Gasteiger charge is -2.16. The van der Waals surface area contributed by atoms with Crippen molar-refractivity contribution in [2.45, 2.75) is 19.9 Å². The highest BCUT2D eigenvalue weighted by Gasteiger charge is 2.20. The highest BCUT2D eigenvalue weighted by atomic mass is 19.1. The summed E-state index contributed by atoms with van der Waals surface area (Å²) in [5.41, 5.74) is 0.316. The van der Waals surface area contributed by atoms with Crippen LogP contribution in [0.2, 0.25) is 0 Å². The number of nitro benzene ring substituents is 1. The molecule has 7 heteroatoms. The van der Waals surface area contributed by atoms with E-state index in [1.165, 1.54) is 31.2 Å². The molecule has 1 amide bonds. The Morgan fingerprint density at radius 1 is 1.26 bits per heavy atom. The highest BCUT2D eigenvalue weighted by molar-refractivity contribution is 5.96. The van der Waals surface area contributed by atoms with Gasteiger partial charge in [0.25, 0.3) is 11.6 Å². The van der Waals surface area contributed by atoms with Crippen molar-refractivity contribution in [1.29, 1.82) is 0 Å². The van der Waals surface area contributed by atoms with Crippen molar-refractivity contribution < 1.29 is 18.5 Å². The quantitative estimate of drug-likeness (QED) is 0.690. The maximum absolute atomic E-state index is 13.7. The van der Waals surface area contributed by atoms with Gasteiger partial charge in [-0.25, -0.2) is 8.78 Å². The Kier molecular flexibility index (Phi) is 4.68. The van der Waals surface area contributed by atoms with Crippen molar-refractivity contribution >= 4 is 11.6 Å². The fourth-order valence-corrected chi connectivity index (χ4v) is 2.27. The largest absolute Gasteiger partial charge is 0.345 e. The molecule has 2 aromatic rings. The summed E-state index contributed by atoms with van der Waals surface area (Å²) in [5, 5.41) is 13.5. The lowest BCUT2D eigenvalue weighted by Crippen LogP contribution is -2.28. The van der Waals surface area contributed by atoms with Crippen LogP contribution in [0, 0.1) is 28.7 Å². The highest BCUT2D eigenvalue weighted by Crippen LogP contribution is 2.23. The molecule has 0 aliphatic heterocycles. The van der Waals surface area contributed by atoms with E-state index in [1.807, 2.05) is 0 Å². The third-order valence-corrected chi connectivity index (χ3v) is 3.52. The molecular weight excluding hydrogens is 306 g/mol. The average molecular weight is 320 g/mol. The summed E-state index contributed by atoms with van der Waals surface area (Å²) in [7, 11) is 0. The maximum Gasteiger partial charge on any atom is 0.273 e. The van der Waals surface area contributed by atoms with E-state index < -0.39 is 28.5 Å². The first-order valence-corrected chi connectivity index (χ1v) is 6.81. The van der Waals surface area contributed by atoms with Gasteiger partial charge in [0.1, 0.15) is 11.6 Å². The van der Waals surface area contributed by atoms with E-state index in [4.69, 9.17) is 0 Å². The predicted molar refractivity (Wildman–Crippen MR) is 80.1 cm³/mol. The molecule has 0 spiro atoms. The number of nitrogens with one attached hydrogen (secondary N) is 1. The zero-order valence-electron chi connectivity index (χ0n) is 12.5. The van der Waals surface area contributed by atoms with Crippen LogP contribution in [0.15, 0.2) is 36.4 Å². The molecule has 1 atom stereocenters. The van der Waals surface area contributed by atoms with E-state index >= 15 is 0 Å². The van der Waals surface area contributed by atoms with Crippen molar-refractivity contribution in [2.75, 3.05) is 0 Å². The van der Waals surface area contributed by atoms with Crippen LogP contribution >= 0.6 is 0 Å². The number of hydrogen-bond acceptors (Lipinski definition) is 3. The Hall–Kier alpha value is -2.83. The van der Waals surface area contributed by atoms with Crippen LogP contribution in [-0.4, -0.2) is 10.8 Å². The first-order chi connectivity index (χ1) is 10.8. The number of benzene rings is 2. The van der Waals surface area contributed by atoms with Crippen LogP contribution in [0.4, 0.5) is 14.5 Å². The summed E-state index contributed by atoms with van der Waals surface area (Å²) in [6.45, 7) is 3.01. The average Bonchev–Trinajstić information content (AvgIpc) is 2.46. The third kappa shape index (κ3) is 3.50. The Labute approximate surface area is 131 Å². The first-order valence-electron chi connectivity index (χ1n) is 6.81. The normalized spacial score (nSPS) is 11.8. The van der Waals surface area contributed by atoms with E-state index in [2.05, 4.69) is 5.32 Å². The number of nitrogens with zero attached hydrogens (tertiary/aromatic N) is 1. The van der Waals surface area contributed by atoms with Gasteiger partial charge in [0.15, 0.2) is 0 Å². The predicted octanol–water partition coefficient (Wildman–Crippen LogP) is 3.67. The molecule has 0 heterocycles. The number of carbonyl (C=O) groups is 1. The fraction of sp³-hybridized carbons (Fsp3) is 0.188. The zero-order chi connectivity index (χ0) is 17.1. The monoisotopic (exact) mass is 320 g/mol. The topological polar surface area (TPSA) is 72.2 Å². The molecule has 0 saturated heterocycles. The van der Waals surface area contributed by atoms with Crippen LogP contribution in [0.1, 0.15) is 34.5 Å². The number of nitro groups is 1. The van der Waals surface area contributed by atoms with Crippen LogP contribution in [0.25, 0.3) is 0 Å². The molecule has 120 valence electrons. The van der Waals surface area contributed by atoms with Crippen molar-refractivity contribution in [2.24, 2.45) is 0 Å². The summed E-state index contributed by atoms with van der Waals surface area (Å²) in [6.07, 6.45) is 0. The summed E-state index contributed by atoms with van der Waals surface area (Å²) in [6, 6.07) is 6.51. The first kappa shape index (κ1) is 16.5. The molecule has 2 aromatic carbocycles. The van der Waals surface area contributed by atoms with E-state index in [0.29, 0.717) is 0 Å². The van der Waals surface area contributed by atoms with Crippen LogP contribution < -0.4 is 5.32 Å².